The van der Waals surface area contributed by atoms with Crippen molar-refractivity contribution >= 4 is 0 Å². The molecule has 2 nitrogen and oxygen atoms in total. The van der Waals surface area contributed by atoms with Gasteiger partial charge < -0.3 is 0 Å². The van der Waals surface area contributed by atoms with Gasteiger partial charge in [-0.1, -0.05) is 51.5 Å². The first kappa shape index (κ1) is 13.7. The second-order valence-electron chi connectivity index (χ2n) is 4.52. The van der Waals surface area contributed by atoms with Crippen molar-refractivity contribution in [2.75, 3.05) is 0 Å². The number of unbranched alkanes of at least 4 members (excludes halogenated alkanes) is 5. The molecule has 0 aliphatic carbocycles. The number of hydrogen-bond acceptors (Lipinski definition) is 2. The van der Waals surface area contributed by atoms with Crippen molar-refractivity contribution in [2.24, 2.45) is 0 Å². The van der Waals surface area contributed by atoms with Crippen molar-refractivity contribution in [1.29, 1.82) is 5.26 Å². The number of aromatic nitrogens is 1. The van der Waals surface area contributed by atoms with Crippen LogP contribution in [0.3, 0.4) is 0 Å². The summed E-state index contributed by atoms with van der Waals surface area (Å²) in [6, 6.07) is 6.28. The SMILES string of the molecule is CCCCCCCCC(C#N)c1cccnc1. The Labute approximate surface area is 105 Å². The Morgan fingerprint density at radius 2 is 2.00 bits per heavy atom. The molecular weight excluding hydrogens is 208 g/mol. The lowest BCUT2D eigenvalue weighted by molar-refractivity contribution is 0.575. The van der Waals surface area contributed by atoms with Crippen molar-refractivity contribution in [2.45, 2.75) is 57.8 Å². The molecule has 1 aromatic heterocycles. The molecule has 0 aliphatic rings. The average molecular weight is 230 g/mol. The highest BCUT2D eigenvalue weighted by molar-refractivity contribution is 5.20. The van der Waals surface area contributed by atoms with Crippen LogP contribution in [0.5, 0.6) is 0 Å². The minimum absolute atomic E-state index is 0.0230. The third-order valence-electron chi connectivity index (χ3n) is 3.09. The number of nitriles is 1. The molecule has 1 unspecified atom stereocenters. The Kier molecular flexibility index (Phi) is 7.06. The lowest BCUT2D eigenvalue weighted by Gasteiger charge is -2.08. The first-order chi connectivity index (χ1) is 8.38. The standard InChI is InChI=1S/C15H22N2/c1-2-3-4-5-6-7-9-14(12-16)15-10-8-11-17-13-15/h8,10-11,13-14H,2-7,9H2,1H3. The first-order valence-corrected chi connectivity index (χ1v) is 6.68. The fourth-order valence-electron chi connectivity index (χ4n) is 2.02. The molecule has 0 bridgehead atoms. The van der Waals surface area contributed by atoms with Crippen molar-refractivity contribution in [3.63, 3.8) is 0 Å². The molecule has 0 saturated heterocycles. The topological polar surface area (TPSA) is 36.7 Å². The van der Waals surface area contributed by atoms with Crippen LogP contribution >= 0.6 is 0 Å². The van der Waals surface area contributed by atoms with Crippen molar-refractivity contribution in [1.82, 2.24) is 4.98 Å². The molecule has 0 saturated carbocycles. The number of nitrogens with zero attached hydrogens (tertiary/aromatic N) is 2. The lowest BCUT2D eigenvalue weighted by Crippen LogP contribution is -1.96. The Bertz CT molecular complexity index is 327. The van der Waals surface area contributed by atoms with Gasteiger partial charge in [-0.3, -0.25) is 4.98 Å². The number of pyridine rings is 1. The van der Waals surface area contributed by atoms with Gasteiger partial charge in [0.1, 0.15) is 0 Å². The molecule has 1 atom stereocenters. The van der Waals surface area contributed by atoms with E-state index in [4.69, 9.17) is 5.26 Å². The molecule has 1 aromatic rings. The average Bonchev–Trinajstić information content (AvgIpc) is 2.39. The van der Waals surface area contributed by atoms with Crippen LogP contribution in [0.1, 0.15) is 63.4 Å². The van der Waals surface area contributed by atoms with Crippen LogP contribution in [0, 0.1) is 11.3 Å². The van der Waals surface area contributed by atoms with E-state index in [9.17, 15) is 0 Å². The number of hydrogen-bond donors (Lipinski definition) is 0. The molecule has 0 radical (unpaired) electrons. The van der Waals surface area contributed by atoms with Crippen LogP contribution in [-0.4, -0.2) is 4.98 Å². The summed E-state index contributed by atoms with van der Waals surface area (Å²) in [6.07, 6.45) is 12.2. The zero-order valence-electron chi connectivity index (χ0n) is 10.7. The normalized spacial score (nSPS) is 12.0. The molecule has 0 aliphatic heterocycles. The molecule has 0 aromatic carbocycles. The maximum Gasteiger partial charge on any atom is 0.0727 e. The fraction of sp³-hybridized carbons (Fsp3) is 0.600. The largest absolute Gasteiger partial charge is 0.264 e. The van der Waals surface area contributed by atoms with Crippen LogP contribution in [0.2, 0.25) is 0 Å². The van der Waals surface area contributed by atoms with Crippen LogP contribution in [0.4, 0.5) is 0 Å². The maximum absolute atomic E-state index is 9.14. The Morgan fingerprint density at radius 3 is 2.65 bits per heavy atom. The zero-order chi connectivity index (χ0) is 12.3. The third-order valence-corrected chi connectivity index (χ3v) is 3.09. The van der Waals surface area contributed by atoms with Crippen molar-refractivity contribution in [3.05, 3.63) is 30.1 Å². The summed E-state index contributed by atoms with van der Waals surface area (Å²) in [5.74, 6) is 0.0230. The molecule has 0 spiro atoms. The van der Waals surface area contributed by atoms with E-state index >= 15 is 0 Å². The van der Waals surface area contributed by atoms with E-state index in [1.807, 2.05) is 18.3 Å². The van der Waals surface area contributed by atoms with Crippen molar-refractivity contribution in [3.8, 4) is 6.07 Å². The van der Waals surface area contributed by atoms with Crippen LogP contribution < -0.4 is 0 Å². The highest BCUT2D eigenvalue weighted by atomic mass is 14.6. The molecular formula is C15H22N2. The fourth-order valence-corrected chi connectivity index (χ4v) is 2.02. The van der Waals surface area contributed by atoms with Crippen molar-refractivity contribution < 1.29 is 0 Å². The van der Waals surface area contributed by atoms with Gasteiger partial charge in [0.2, 0.25) is 0 Å². The summed E-state index contributed by atoms with van der Waals surface area (Å²) in [4.78, 5) is 4.07. The van der Waals surface area contributed by atoms with E-state index in [0.717, 1.165) is 18.4 Å². The van der Waals surface area contributed by atoms with Gasteiger partial charge >= 0.3 is 0 Å². The van der Waals surface area contributed by atoms with E-state index in [-0.39, 0.29) is 5.92 Å². The van der Waals surface area contributed by atoms with E-state index in [2.05, 4.69) is 18.0 Å². The van der Waals surface area contributed by atoms with Gasteiger partial charge in [0.05, 0.1) is 12.0 Å². The molecule has 92 valence electrons. The van der Waals surface area contributed by atoms with E-state index in [0.29, 0.717) is 0 Å². The summed E-state index contributed by atoms with van der Waals surface area (Å²) < 4.78 is 0. The first-order valence-electron chi connectivity index (χ1n) is 6.68. The summed E-state index contributed by atoms with van der Waals surface area (Å²) in [5.41, 5.74) is 1.06. The van der Waals surface area contributed by atoms with Crippen LogP contribution in [0.15, 0.2) is 24.5 Å². The molecule has 1 rings (SSSR count). The van der Waals surface area contributed by atoms with E-state index in [1.54, 1.807) is 6.20 Å². The Hall–Kier alpha value is -1.36. The molecule has 1 heterocycles. The predicted molar refractivity (Wildman–Crippen MR) is 70.6 cm³/mol. The highest BCUT2D eigenvalue weighted by Gasteiger charge is 2.09. The predicted octanol–water partition coefficient (Wildman–Crippen LogP) is 4.44. The van der Waals surface area contributed by atoms with Gasteiger partial charge in [-0.25, -0.2) is 0 Å². The summed E-state index contributed by atoms with van der Waals surface area (Å²) in [5, 5.41) is 9.14. The van der Waals surface area contributed by atoms with E-state index in [1.165, 1.54) is 32.1 Å². The minimum atomic E-state index is 0.0230. The second-order valence-corrected chi connectivity index (χ2v) is 4.52. The third kappa shape index (κ3) is 5.49. The molecule has 0 amide bonds. The smallest absolute Gasteiger partial charge is 0.0727 e. The quantitative estimate of drug-likeness (QED) is 0.619. The molecule has 0 fully saturated rings. The summed E-state index contributed by atoms with van der Waals surface area (Å²) in [6.45, 7) is 2.23. The Morgan fingerprint density at radius 1 is 1.24 bits per heavy atom. The summed E-state index contributed by atoms with van der Waals surface area (Å²) in [7, 11) is 0. The summed E-state index contributed by atoms with van der Waals surface area (Å²) >= 11 is 0. The maximum atomic E-state index is 9.14. The molecule has 17 heavy (non-hydrogen) atoms. The van der Waals surface area contributed by atoms with E-state index < -0.39 is 0 Å². The minimum Gasteiger partial charge on any atom is -0.264 e. The molecule has 0 N–H and O–H groups in total. The van der Waals surface area contributed by atoms with Gasteiger partial charge in [0.25, 0.3) is 0 Å². The second kappa shape index (κ2) is 8.75. The van der Waals surface area contributed by atoms with Gasteiger partial charge in [0.15, 0.2) is 0 Å². The van der Waals surface area contributed by atoms with Gasteiger partial charge in [-0.2, -0.15) is 5.26 Å². The van der Waals surface area contributed by atoms with Crippen LogP contribution in [0.25, 0.3) is 0 Å². The zero-order valence-corrected chi connectivity index (χ0v) is 10.7. The number of rotatable bonds is 8. The highest BCUT2D eigenvalue weighted by Crippen LogP contribution is 2.21. The molecule has 2 heteroatoms. The van der Waals surface area contributed by atoms with Gasteiger partial charge in [-0.05, 0) is 18.1 Å². The van der Waals surface area contributed by atoms with Gasteiger partial charge in [-0.15, -0.1) is 0 Å². The Balaban J connectivity index is 2.23. The lowest BCUT2D eigenvalue weighted by atomic mass is 9.95. The van der Waals surface area contributed by atoms with Gasteiger partial charge in [0, 0.05) is 12.4 Å². The monoisotopic (exact) mass is 230 g/mol. The van der Waals surface area contributed by atoms with Crippen LogP contribution in [-0.2, 0) is 0 Å².